The van der Waals surface area contributed by atoms with E-state index in [2.05, 4.69) is 17.6 Å². The predicted molar refractivity (Wildman–Crippen MR) is 70.3 cm³/mol. The van der Waals surface area contributed by atoms with Gasteiger partial charge in [-0.15, -0.1) is 0 Å². The predicted octanol–water partition coefficient (Wildman–Crippen LogP) is -0.217. The lowest BCUT2D eigenvalue weighted by Gasteiger charge is -2.27. The van der Waals surface area contributed by atoms with Gasteiger partial charge in [0.2, 0.25) is 0 Å². The third kappa shape index (κ3) is 6.00. The summed E-state index contributed by atoms with van der Waals surface area (Å²) in [6.07, 6.45) is 2.42. The van der Waals surface area contributed by atoms with Crippen LogP contribution >= 0.6 is 0 Å². The van der Waals surface area contributed by atoms with Crippen molar-refractivity contribution in [3.05, 3.63) is 0 Å². The molecule has 1 saturated heterocycles. The van der Waals surface area contributed by atoms with Crippen LogP contribution in [-0.2, 0) is 4.79 Å². The van der Waals surface area contributed by atoms with Gasteiger partial charge in [-0.25, -0.2) is 4.79 Å². The standard InChI is InChI=1S/C13H25N3O2/c1-10(2)7-14-13(18)15-12(17)9-16-6-4-5-11(3)8-16/h10-11H,4-9H2,1-3H3,(H2,14,15,17,18)/p+1/t11-/m1/s1. The lowest BCUT2D eigenvalue weighted by atomic mass is 10.0. The molecule has 1 heterocycles. The summed E-state index contributed by atoms with van der Waals surface area (Å²) in [6.45, 7) is 9.30. The second-order valence-electron chi connectivity index (χ2n) is 5.78. The van der Waals surface area contributed by atoms with Gasteiger partial charge in [0.15, 0.2) is 6.54 Å². The summed E-state index contributed by atoms with van der Waals surface area (Å²) in [5, 5.41) is 5.07. The van der Waals surface area contributed by atoms with Crippen LogP contribution < -0.4 is 15.5 Å². The number of hydrogen-bond donors (Lipinski definition) is 3. The van der Waals surface area contributed by atoms with Gasteiger partial charge in [0.05, 0.1) is 13.1 Å². The Morgan fingerprint density at radius 1 is 1.39 bits per heavy atom. The van der Waals surface area contributed by atoms with Crippen molar-refractivity contribution in [2.75, 3.05) is 26.2 Å². The normalized spacial score (nSPS) is 23.8. The molecule has 0 aromatic rings. The maximum atomic E-state index is 11.7. The van der Waals surface area contributed by atoms with Crippen molar-refractivity contribution in [2.24, 2.45) is 11.8 Å². The zero-order valence-electron chi connectivity index (χ0n) is 11.7. The minimum absolute atomic E-state index is 0.180. The molecule has 0 aliphatic carbocycles. The summed E-state index contributed by atoms with van der Waals surface area (Å²) in [4.78, 5) is 24.4. The number of nitrogens with one attached hydrogen (secondary N) is 3. The van der Waals surface area contributed by atoms with Crippen LogP contribution in [0.15, 0.2) is 0 Å². The minimum Gasteiger partial charge on any atom is -0.338 e. The van der Waals surface area contributed by atoms with E-state index in [0.29, 0.717) is 24.9 Å². The number of quaternary nitrogens is 1. The molecule has 3 amide bonds. The number of carbonyl (C=O) groups is 2. The molecule has 0 spiro atoms. The van der Waals surface area contributed by atoms with Gasteiger partial charge in [-0.1, -0.05) is 20.8 Å². The topological polar surface area (TPSA) is 62.6 Å². The number of rotatable bonds is 4. The summed E-state index contributed by atoms with van der Waals surface area (Å²) in [7, 11) is 0. The fraction of sp³-hybridized carbons (Fsp3) is 0.846. The number of piperidine rings is 1. The van der Waals surface area contributed by atoms with Crippen molar-refractivity contribution < 1.29 is 14.5 Å². The van der Waals surface area contributed by atoms with Crippen molar-refractivity contribution in [1.29, 1.82) is 0 Å². The molecule has 5 heteroatoms. The first kappa shape index (κ1) is 15.0. The zero-order chi connectivity index (χ0) is 13.5. The first-order valence-corrected chi connectivity index (χ1v) is 6.88. The van der Waals surface area contributed by atoms with Crippen LogP contribution in [0.1, 0.15) is 33.6 Å². The molecular formula is C13H26N3O2+. The summed E-state index contributed by atoms with van der Waals surface area (Å²) in [5.74, 6) is 0.885. The van der Waals surface area contributed by atoms with E-state index in [1.807, 2.05) is 13.8 Å². The molecule has 1 unspecified atom stereocenters. The molecule has 5 nitrogen and oxygen atoms in total. The van der Waals surface area contributed by atoms with Crippen LogP contribution in [0.4, 0.5) is 4.79 Å². The Hall–Kier alpha value is -1.10. The Bertz CT molecular complexity index is 292. The van der Waals surface area contributed by atoms with E-state index in [9.17, 15) is 9.59 Å². The van der Waals surface area contributed by atoms with Crippen LogP contribution in [0, 0.1) is 11.8 Å². The molecule has 0 aromatic heterocycles. The van der Waals surface area contributed by atoms with Gasteiger partial charge < -0.3 is 10.2 Å². The lowest BCUT2D eigenvalue weighted by Crippen LogP contribution is -3.14. The fourth-order valence-electron chi connectivity index (χ4n) is 2.30. The molecule has 0 aromatic carbocycles. The molecule has 1 aliphatic heterocycles. The van der Waals surface area contributed by atoms with Crippen LogP contribution in [0.3, 0.4) is 0 Å². The Balaban J connectivity index is 2.22. The number of carbonyl (C=O) groups excluding carboxylic acids is 2. The summed E-state index contributed by atoms with van der Waals surface area (Å²) >= 11 is 0. The molecule has 0 radical (unpaired) electrons. The van der Waals surface area contributed by atoms with E-state index in [1.54, 1.807) is 0 Å². The monoisotopic (exact) mass is 256 g/mol. The molecular weight excluding hydrogens is 230 g/mol. The van der Waals surface area contributed by atoms with E-state index in [-0.39, 0.29) is 11.9 Å². The Morgan fingerprint density at radius 2 is 2.11 bits per heavy atom. The second kappa shape index (κ2) is 7.36. The van der Waals surface area contributed by atoms with Gasteiger partial charge in [0.25, 0.3) is 5.91 Å². The lowest BCUT2D eigenvalue weighted by molar-refractivity contribution is -0.900. The van der Waals surface area contributed by atoms with Crippen LogP contribution in [-0.4, -0.2) is 38.1 Å². The Kier molecular flexibility index (Phi) is 6.12. The van der Waals surface area contributed by atoms with Crippen molar-refractivity contribution in [2.45, 2.75) is 33.6 Å². The molecule has 1 fully saturated rings. The molecule has 1 rings (SSSR count). The van der Waals surface area contributed by atoms with Gasteiger partial charge in [-0.05, 0) is 18.8 Å². The number of imide groups is 1. The van der Waals surface area contributed by atoms with Crippen LogP contribution in [0.5, 0.6) is 0 Å². The maximum Gasteiger partial charge on any atom is 0.321 e. The van der Waals surface area contributed by atoms with Gasteiger partial charge in [0, 0.05) is 12.5 Å². The highest BCUT2D eigenvalue weighted by molar-refractivity contribution is 5.94. The average molecular weight is 256 g/mol. The molecule has 1 aliphatic rings. The average Bonchev–Trinajstić information content (AvgIpc) is 2.26. The molecule has 104 valence electrons. The third-order valence-corrected chi connectivity index (χ3v) is 3.20. The van der Waals surface area contributed by atoms with Gasteiger partial charge >= 0.3 is 6.03 Å². The third-order valence-electron chi connectivity index (χ3n) is 3.20. The van der Waals surface area contributed by atoms with Crippen molar-refractivity contribution in [1.82, 2.24) is 10.6 Å². The summed E-state index contributed by atoms with van der Waals surface area (Å²) in [5.41, 5.74) is 0. The number of hydrogen-bond acceptors (Lipinski definition) is 2. The number of amides is 3. The maximum absolute atomic E-state index is 11.7. The second-order valence-corrected chi connectivity index (χ2v) is 5.78. The smallest absolute Gasteiger partial charge is 0.321 e. The van der Waals surface area contributed by atoms with Gasteiger partial charge in [-0.2, -0.15) is 0 Å². The van der Waals surface area contributed by atoms with Gasteiger partial charge in [0.1, 0.15) is 0 Å². The van der Waals surface area contributed by atoms with E-state index < -0.39 is 0 Å². The van der Waals surface area contributed by atoms with E-state index in [0.717, 1.165) is 13.1 Å². The number of urea groups is 1. The molecule has 0 saturated carbocycles. The largest absolute Gasteiger partial charge is 0.338 e. The van der Waals surface area contributed by atoms with E-state index in [4.69, 9.17) is 0 Å². The minimum atomic E-state index is -0.377. The van der Waals surface area contributed by atoms with Crippen molar-refractivity contribution >= 4 is 11.9 Å². The summed E-state index contributed by atoms with van der Waals surface area (Å²) in [6, 6.07) is -0.377. The van der Waals surface area contributed by atoms with E-state index >= 15 is 0 Å². The molecule has 2 atom stereocenters. The Morgan fingerprint density at radius 3 is 2.72 bits per heavy atom. The molecule has 18 heavy (non-hydrogen) atoms. The van der Waals surface area contributed by atoms with Gasteiger partial charge in [-0.3, -0.25) is 10.1 Å². The van der Waals surface area contributed by atoms with Crippen LogP contribution in [0.2, 0.25) is 0 Å². The Labute approximate surface area is 109 Å². The fourth-order valence-corrected chi connectivity index (χ4v) is 2.30. The van der Waals surface area contributed by atoms with E-state index in [1.165, 1.54) is 17.7 Å². The SMILES string of the molecule is CC(C)CNC(=O)NC(=O)C[NH+]1CCC[C@@H](C)C1. The highest BCUT2D eigenvalue weighted by atomic mass is 16.2. The number of likely N-dealkylation sites (tertiary alicyclic amines) is 1. The highest BCUT2D eigenvalue weighted by Crippen LogP contribution is 2.04. The summed E-state index contributed by atoms with van der Waals surface area (Å²) < 4.78 is 0. The zero-order valence-corrected chi connectivity index (χ0v) is 11.7. The molecule has 0 bridgehead atoms. The first-order valence-electron chi connectivity index (χ1n) is 6.88. The van der Waals surface area contributed by atoms with Crippen LogP contribution in [0.25, 0.3) is 0 Å². The van der Waals surface area contributed by atoms with Crippen molar-refractivity contribution in [3.8, 4) is 0 Å². The highest BCUT2D eigenvalue weighted by Gasteiger charge is 2.22. The quantitative estimate of drug-likeness (QED) is 0.651. The molecule has 3 N–H and O–H groups in total. The van der Waals surface area contributed by atoms with Crippen molar-refractivity contribution in [3.63, 3.8) is 0 Å². The first-order chi connectivity index (χ1) is 8.47.